The molecule has 2 aromatic rings. The Labute approximate surface area is 88.2 Å². The van der Waals surface area contributed by atoms with Gasteiger partial charge in [-0.25, -0.2) is 9.97 Å². The van der Waals surface area contributed by atoms with Gasteiger partial charge < -0.3 is 5.73 Å². The first kappa shape index (κ1) is 9.58. The van der Waals surface area contributed by atoms with Crippen molar-refractivity contribution >= 4 is 5.82 Å². The van der Waals surface area contributed by atoms with Gasteiger partial charge in [-0.1, -0.05) is 0 Å². The number of nitrogen functional groups attached to an aromatic ring is 1. The quantitative estimate of drug-likeness (QED) is 0.761. The van der Waals surface area contributed by atoms with Gasteiger partial charge in [0.05, 0.1) is 5.69 Å². The van der Waals surface area contributed by atoms with Gasteiger partial charge in [0.25, 0.3) is 0 Å². The van der Waals surface area contributed by atoms with Crippen molar-refractivity contribution in [2.24, 2.45) is 0 Å². The Morgan fingerprint density at radius 1 is 1.20 bits per heavy atom. The summed E-state index contributed by atoms with van der Waals surface area (Å²) in [6.07, 6.45) is 3.55. The molecule has 2 heterocycles. The van der Waals surface area contributed by atoms with E-state index in [1.807, 2.05) is 26.1 Å². The standard InChI is InChI=1S/C11H12N4/c1-7-6-13-4-3-9(7)10-5-11(12)15-8(2)14-10/h3-6H,1-2H3,(H2,12,14,15). The maximum atomic E-state index is 5.68. The van der Waals surface area contributed by atoms with Crippen molar-refractivity contribution < 1.29 is 0 Å². The molecule has 0 amide bonds. The summed E-state index contributed by atoms with van der Waals surface area (Å²) in [5.41, 5.74) is 8.65. The van der Waals surface area contributed by atoms with Crippen LogP contribution < -0.4 is 5.73 Å². The van der Waals surface area contributed by atoms with E-state index >= 15 is 0 Å². The van der Waals surface area contributed by atoms with Crippen LogP contribution in [0.1, 0.15) is 11.4 Å². The summed E-state index contributed by atoms with van der Waals surface area (Å²) in [6.45, 7) is 3.83. The Kier molecular flexibility index (Phi) is 2.33. The van der Waals surface area contributed by atoms with Gasteiger partial charge in [0.1, 0.15) is 11.6 Å². The lowest BCUT2D eigenvalue weighted by Crippen LogP contribution is -1.98. The molecule has 0 unspecified atom stereocenters. The van der Waals surface area contributed by atoms with Crippen molar-refractivity contribution in [2.75, 3.05) is 5.73 Å². The van der Waals surface area contributed by atoms with Crippen LogP contribution in [0.5, 0.6) is 0 Å². The van der Waals surface area contributed by atoms with Crippen molar-refractivity contribution in [2.45, 2.75) is 13.8 Å². The SMILES string of the molecule is Cc1nc(N)cc(-c2ccncc2C)n1. The van der Waals surface area contributed by atoms with Crippen LogP contribution in [0.2, 0.25) is 0 Å². The maximum absolute atomic E-state index is 5.68. The highest BCUT2D eigenvalue weighted by Crippen LogP contribution is 2.21. The van der Waals surface area contributed by atoms with E-state index in [4.69, 9.17) is 5.73 Å². The van der Waals surface area contributed by atoms with Crippen LogP contribution in [0.4, 0.5) is 5.82 Å². The molecular formula is C11H12N4. The Hall–Kier alpha value is -1.97. The highest BCUT2D eigenvalue weighted by molar-refractivity contribution is 5.64. The van der Waals surface area contributed by atoms with E-state index in [1.165, 1.54) is 0 Å². The van der Waals surface area contributed by atoms with Gasteiger partial charge >= 0.3 is 0 Å². The molecule has 4 nitrogen and oxygen atoms in total. The minimum atomic E-state index is 0.494. The van der Waals surface area contributed by atoms with Crippen LogP contribution in [0, 0.1) is 13.8 Å². The molecule has 0 bridgehead atoms. The minimum Gasteiger partial charge on any atom is -0.384 e. The molecule has 0 fully saturated rings. The van der Waals surface area contributed by atoms with Gasteiger partial charge in [-0.15, -0.1) is 0 Å². The van der Waals surface area contributed by atoms with E-state index in [1.54, 1.807) is 12.3 Å². The number of anilines is 1. The molecule has 0 radical (unpaired) electrons. The van der Waals surface area contributed by atoms with Crippen molar-refractivity contribution in [1.29, 1.82) is 0 Å². The first-order chi connectivity index (χ1) is 7.16. The molecule has 0 atom stereocenters. The van der Waals surface area contributed by atoms with Crippen LogP contribution >= 0.6 is 0 Å². The van der Waals surface area contributed by atoms with Crippen molar-refractivity contribution in [3.63, 3.8) is 0 Å². The fourth-order valence-electron chi connectivity index (χ4n) is 1.49. The second-order valence-electron chi connectivity index (χ2n) is 3.42. The second kappa shape index (κ2) is 3.65. The first-order valence-electron chi connectivity index (χ1n) is 4.69. The summed E-state index contributed by atoms with van der Waals surface area (Å²) in [7, 11) is 0. The van der Waals surface area contributed by atoms with E-state index in [2.05, 4.69) is 15.0 Å². The Morgan fingerprint density at radius 2 is 2.00 bits per heavy atom. The largest absolute Gasteiger partial charge is 0.384 e. The Balaban J connectivity index is 2.59. The minimum absolute atomic E-state index is 0.494. The van der Waals surface area contributed by atoms with Gasteiger partial charge in [-0.3, -0.25) is 4.98 Å². The summed E-state index contributed by atoms with van der Waals surface area (Å²) in [5, 5.41) is 0. The topological polar surface area (TPSA) is 64.7 Å². The molecule has 76 valence electrons. The predicted molar refractivity (Wildman–Crippen MR) is 59.1 cm³/mol. The number of hydrogen-bond acceptors (Lipinski definition) is 4. The molecule has 0 aliphatic heterocycles. The Bertz CT molecular complexity index is 473. The maximum Gasteiger partial charge on any atom is 0.128 e. The average molecular weight is 200 g/mol. The molecule has 2 rings (SSSR count). The zero-order valence-electron chi connectivity index (χ0n) is 8.73. The van der Waals surface area contributed by atoms with Crippen LogP contribution in [-0.4, -0.2) is 15.0 Å². The van der Waals surface area contributed by atoms with Crippen LogP contribution in [0.3, 0.4) is 0 Å². The summed E-state index contributed by atoms with van der Waals surface area (Å²) >= 11 is 0. The summed E-state index contributed by atoms with van der Waals surface area (Å²) < 4.78 is 0. The lowest BCUT2D eigenvalue weighted by Gasteiger charge is -2.05. The number of pyridine rings is 1. The molecule has 2 N–H and O–H groups in total. The number of hydrogen-bond donors (Lipinski definition) is 1. The molecule has 0 saturated heterocycles. The van der Waals surface area contributed by atoms with Crippen molar-refractivity contribution in [3.05, 3.63) is 35.9 Å². The van der Waals surface area contributed by atoms with E-state index in [0.29, 0.717) is 11.6 Å². The van der Waals surface area contributed by atoms with Crippen LogP contribution in [-0.2, 0) is 0 Å². The molecule has 0 aliphatic carbocycles. The molecule has 15 heavy (non-hydrogen) atoms. The summed E-state index contributed by atoms with van der Waals surface area (Å²) in [6, 6.07) is 3.70. The van der Waals surface area contributed by atoms with Crippen LogP contribution in [0.15, 0.2) is 24.5 Å². The first-order valence-corrected chi connectivity index (χ1v) is 4.69. The van der Waals surface area contributed by atoms with E-state index < -0.39 is 0 Å². The highest BCUT2D eigenvalue weighted by atomic mass is 14.9. The fourth-order valence-corrected chi connectivity index (χ4v) is 1.49. The van der Waals surface area contributed by atoms with Crippen LogP contribution in [0.25, 0.3) is 11.3 Å². The zero-order chi connectivity index (χ0) is 10.8. The lowest BCUT2D eigenvalue weighted by molar-refractivity contribution is 1.06. The smallest absolute Gasteiger partial charge is 0.128 e. The molecule has 0 saturated carbocycles. The predicted octanol–water partition coefficient (Wildman–Crippen LogP) is 1.74. The number of aromatic nitrogens is 3. The lowest BCUT2D eigenvalue weighted by atomic mass is 10.1. The molecule has 0 aromatic carbocycles. The third kappa shape index (κ3) is 1.93. The highest BCUT2D eigenvalue weighted by Gasteiger charge is 2.04. The zero-order valence-corrected chi connectivity index (χ0v) is 8.73. The molecule has 4 heteroatoms. The number of nitrogens with two attached hydrogens (primary N) is 1. The third-order valence-corrected chi connectivity index (χ3v) is 2.15. The average Bonchev–Trinajstić information content (AvgIpc) is 2.16. The second-order valence-corrected chi connectivity index (χ2v) is 3.42. The van der Waals surface area contributed by atoms with E-state index in [9.17, 15) is 0 Å². The number of nitrogens with zero attached hydrogens (tertiary/aromatic N) is 3. The molecule has 2 aromatic heterocycles. The van der Waals surface area contributed by atoms with Crippen molar-refractivity contribution in [3.8, 4) is 11.3 Å². The van der Waals surface area contributed by atoms with E-state index in [-0.39, 0.29) is 0 Å². The summed E-state index contributed by atoms with van der Waals surface area (Å²) in [5.74, 6) is 1.18. The molecule has 0 aliphatic rings. The monoisotopic (exact) mass is 200 g/mol. The normalized spacial score (nSPS) is 10.3. The molecule has 0 spiro atoms. The van der Waals surface area contributed by atoms with E-state index in [0.717, 1.165) is 16.8 Å². The van der Waals surface area contributed by atoms with Gasteiger partial charge in [-0.05, 0) is 25.5 Å². The number of aryl methyl sites for hydroxylation is 2. The number of rotatable bonds is 1. The molecular weight excluding hydrogens is 188 g/mol. The third-order valence-electron chi connectivity index (χ3n) is 2.15. The van der Waals surface area contributed by atoms with Gasteiger partial charge in [0.2, 0.25) is 0 Å². The van der Waals surface area contributed by atoms with Gasteiger partial charge in [-0.2, -0.15) is 0 Å². The summed E-state index contributed by atoms with van der Waals surface area (Å²) in [4.78, 5) is 12.4. The fraction of sp³-hybridized carbons (Fsp3) is 0.182. The van der Waals surface area contributed by atoms with Gasteiger partial charge in [0.15, 0.2) is 0 Å². The van der Waals surface area contributed by atoms with Crippen molar-refractivity contribution in [1.82, 2.24) is 15.0 Å². The Morgan fingerprint density at radius 3 is 2.67 bits per heavy atom. The van der Waals surface area contributed by atoms with Gasteiger partial charge in [0, 0.05) is 24.0 Å².